The van der Waals surface area contributed by atoms with Crippen LogP contribution in [0.3, 0.4) is 0 Å². The average Bonchev–Trinajstić information content (AvgIpc) is 3.04. The minimum Gasteiger partial charge on any atom is -0.338 e. The third-order valence-corrected chi connectivity index (χ3v) is 7.33. The molecular weight excluding hydrogens is 454 g/mol. The van der Waals surface area contributed by atoms with Crippen LogP contribution >= 0.6 is 0 Å². The summed E-state index contributed by atoms with van der Waals surface area (Å²) in [5.41, 5.74) is 2.89. The van der Waals surface area contributed by atoms with Crippen LogP contribution in [0, 0.1) is 6.92 Å². The Balaban J connectivity index is 1.48. The van der Waals surface area contributed by atoms with Crippen molar-refractivity contribution in [1.82, 2.24) is 14.7 Å². The predicted molar refractivity (Wildman–Crippen MR) is 128 cm³/mol. The van der Waals surface area contributed by atoms with Crippen molar-refractivity contribution in [2.24, 2.45) is 0 Å². The van der Waals surface area contributed by atoms with Gasteiger partial charge in [0.25, 0.3) is 11.8 Å². The second-order valence-electron chi connectivity index (χ2n) is 9.05. The molecule has 2 aliphatic rings. The SMILES string of the molecule is Cc1cccc(CN2CCN(C(=O)C(CCS(C)(=O)=O)N3C(=O)c4ccccc4C3=O)CC2)c1. The summed E-state index contributed by atoms with van der Waals surface area (Å²) in [4.78, 5) is 44.4. The zero-order valence-corrected chi connectivity index (χ0v) is 20.3. The summed E-state index contributed by atoms with van der Waals surface area (Å²) >= 11 is 0. The molecule has 8 nitrogen and oxygen atoms in total. The number of amides is 3. The molecule has 34 heavy (non-hydrogen) atoms. The van der Waals surface area contributed by atoms with E-state index < -0.39 is 27.7 Å². The van der Waals surface area contributed by atoms with Gasteiger partial charge >= 0.3 is 0 Å². The van der Waals surface area contributed by atoms with Gasteiger partial charge in [0.1, 0.15) is 15.9 Å². The fourth-order valence-corrected chi connectivity index (χ4v) is 5.24. The van der Waals surface area contributed by atoms with E-state index in [1.807, 2.05) is 6.07 Å². The smallest absolute Gasteiger partial charge is 0.262 e. The van der Waals surface area contributed by atoms with E-state index in [9.17, 15) is 22.8 Å². The zero-order valence-electron chi connectivity index (χ0n) is 19.4. The molecule has 2 aromatic rings. The minimum absolute atomic E-state index is 0.118. The van der Waals surface area contributed by atoms with Crippen molar-refractivity contribution in [2.45, 2.75) is 25.9 Å². The molecule has 0 aliphatic carbocycles. The topological polar surface area (TPSA) is 95.1 Å². The van der Waals surface area contributed by atoms with Gasteiger partial charge in [-0.05, 0) is 31.0 Å². The molecular formula is C25H29N3O5S. The summed E-state index contributed by atoms with van der Waals surface area (Å²) in [6.45, 7) is 5.03. The van der Waals surface area contributed by atoms with Gasteiger partial charge in [0.05, 0.1) is 16.9 Å². The summed E-state index contributed by atoms with van der Waals surface area (Å²) < 4.78 is 23.7. The first kappa shape index (κ1) is 24.1. The van der Waals surface area contributed by atoms with E-state index in [-0.39, 0.29) is 29.2 Å². The second kappa shape index (κ2) is 9.68. The lowest BCUT2D eigenvalue weighted by atomic mass is 10.1. The maximum atomic E-state index is 13.5. The molecule has 0 spiro atoms. The quantitative estimate of drug-likeness (QED) is 0.557. The number of sulfone groups is 1. The van der Waals surface area contributed by atoms with Crippen LogP contribution < -0.4 is 0 Å². The largest absolute Gasteiger partial charge is 0.338 e. The number of piperazine rings is 1. The molecule has 1 atom stereocenters. The van der Waals surface area contributed by atoms with Crippen molar-refractivity contribution in [3.05, 3.63) is 70.8 Å². The Bertz CT molecular complexity index is 1180. The van der Waals surface area contributed by atoms with Gasteiger partial charge in [0.2, 0.25) is 5.91 Å². The van der Waals surface area contributed by atoms with Gasteiger partial charge in [-0.1, -0.05) is 42.0 Å². The number of aryl methyl sites for hydroxylation is 1. The van der Waals surface area contributed by atoms with E-state index in [1.165, 1.54) is 11.1 Å². The molecule has 0 radical (unpaired) electrons. The standard InChI is InChI=1S/C25H29N3O5S/c1-18-6-5-7-19(16-18)17-26-11-13-27(14-12-26)25(31)22(10-15-34(2,32)33)28-23(29)20-8-3-4-9-21(20)24(28)30/h3-9,16,22H,10-15,17H2,1-2H3. The molecule has 2 aromatic carbocycles. The highest BCUT2D eigenvalue weighted by Gasteiger charge is 2.44. The molecule has 180 valence electrons. The number of carbonyl (C=O) groups excluding carboxylic acids is 3. The highest BCUT2D eigenvalue weighted by Crippen LogP contribution is 2.27. The van der Waals surface area contributed by atoms with E-state index in [0.29, 0.717) is 26.2 Å². The van der Waals surface area contributed by atoms with Gasteiger partial charge in [-0.3, -0.25) is 24.2 Å². The van der Waals surface area contributed by atoms with Gasteiger partial charge in [0.15, 0.2) is 0 Å². The lowest BCUT2D eigenvalue weighted by molar-refractivity contribution is -0.137. The van der Waals surface area contributed by atoms with E-state index in [0.717, 1.165) is 17.7 Å². The van der Waals surface area contributed by atoms with Crippen molar-refractivity contribution in [1.29, 1.82) is 0 Å². The van der Waals surface area contributed by atoms with Crippen LogP contribution in [0.1, 0.15) is 38.3 Å². The summed E-state index contributed by atoms with van der Waals surface area (Å²) in [6.07, 6.45) is 0.966. The van der Waals surface area contributed by atoms with E-state index in [4.69, 9.17) is 0 Å². The molecule has 0 bridgehead atoms. The fraction of sp³-hybridized carbons (Fsp3) is 0.400. The highest BCUT2D eigenvalue weighted by atomic mass is 32.2. The van der Waals surface area contributed by atoms with Crippen molar-refractivity contribution in [2.75, 3.05) is 38.2 Å². The average molecular weight is 484 g/mol. The maximum Gasteiger partial charge on any atom is 0.262 e. The van der Waals surface area contributed by atoms with E-state index in [2.05, 4.69) is 30.0 Å². The Morgan fingerprint density at radius 2 is 1.56 bits per heavy atom. The third-order valence-electron chi connectivity index (χ3n) is 6.36. The molecule has 1 fully saturated rings. The zero-order chi connectivity index (χ0) is 24.5. The molecule has 0 N–H and O–H groups in total. The second-order valence-corrected chi connectivity index (χ2v) is 11.3. The molecule has 2 aliphatic heterocycles. The molecule has 1 unspecified atom stereocenters. The van der Waals surface area contributed by atoms with Crippen molar-refractivity contribution >= 4 is 27.6 Å². The summed E-state index contributed by atoms with van der Waals surface area (Å²) in [5, 5.41) is 0. The Kier molecular flexibility index (Phi) is 6.86. The summed E-state index contributed by atoms with van der Waals surface area (Å²) in [7, 11) is -3.39. The number of hydrogen-bond acceptors (Lipinski definition) is 6. The Labute approximate surface area is 200 Å². The number of nitrogens with zero attached hydrogens (tertiary/aromatic N) is 3. The van der Waals surface area contributed by atoms with Crippen LogP contribution in [-0.4, -0.2) is 85.1 Å². The van der Waals surface area contributed by atoms with Crippen LogP contribution in [0.5, 0.6) is 0 Å². The number of fused-ring (bicyclic) bond motifs is 1. The first-order chi connectivity index (χ1) is 16.1. The molecule has 2 heterocycles. The van der Waals surface area contributed by atoms with Gasteiger partial charge < -0.3 is 4.90 Å². The van der Waals surface area contributed by atoms with Gasteiger partial charge in [-0.2, -0.15) is 0 Å². The number of imide groups is 1. The van der Waals surface area contributed by atoms with Crippen molar-refractivity contribution < 1.29 is 22.8 Å². The number of benzene rings is 2. The molecule has 4 rings (SSSR count). The van der Waals surface area contributed by atoms with Gasteiger partial charge in [0, 0.05) is 39.0 Å². The molecule has 0 aromatic heterocycles. The Morgan fingerprint density at radius 1 is 0.941 bits per heavy atom. The van der Waals surface area contributed by atoms with Crippen LogP contribution in [0.25, 0.3) is 0 Å². The first-order valence-electron chi connectivity index (χ1n) is 11.4. The van der Waals surface area contributed by atoms with Gasteiger partial charge in [-0.25, -0.2) is 8.42 Å². The lowest BCUT2D eigenvalue weighted by Gasteiger charge is -2.38. The molecule has 3 amide bonds. The van der Waals surface area contributed by atoms with Crippen LogP contribution in [0.4, 0.5) is 0 Å². The first-order valence-corrected chi connectivity index (χ1v) is 13.4. The number of rotatable bonds is 7. The normalized spacial score (nSPS) is 17.7. The van der Waals surface area contributed by atoms with E-state index >= 15 is 0 Å². The number of carbonyl (C=O) groups is 3. The fourth-order valence-electron chi connectivity index (χ4n) is 4.59. The predicted octanol–water partition coefficient (Wildman–Crippen LogP) is 1.74. The number of hydrogen-bond donors (Lipinski definition) is 0. The maximum absolute atomic E-state index is 13.5. The van der Waals surface area contributed by atoms with Crippen LogP contribution in [0.2, 0.25) is 0 Å². The van der Waals surface area contributed by atoms with Crippen LogP contribution in [-0.2, 0) is 21.2 Å². The summed E-state index contributed by atoms with van der Waals surface area (Å²) in [5.74, 6) is -1.77. The monoisotopic (exact) mass is 483 g/mol. The van der Waals surface area contributed by atoms with E-state index in [1.54, 1.807) is 29.2 Å². The molecule has 9 heteroatoms. The minimum atomic E-state index is -3.39. The van der Waals surface area contributed by atoms with Crippen molar-refractivity contribution in [3.63, 3.8) is 0 Å². The van der Waals surface area contributed by atoms with Crippen LogP contribution in [0.15, 0.2) is 48.5 Å². The lowest BCUT2D eigenvalue weighted by Crippen LogP contribution is -2.56. The Morgan fingerprint density at radius 3 is 2.12 bits per heavy atom. The molecule has 0 saturated carbocycles. The highest BCUT2D eigenvalue weighted by molar-refractivity contribution is 7.90. The third kappa shape index (κ3) is 5.20. The Hall–Kier alpha value is -3.04. The molecule has 1 saturated heterocycles. The van der Waals surface area contributed by atoms with Crippen molar-refractivity contribution in [3.8, 4) is 0 Å². The summed E-state index contributed by atoms with van der Waals surface area (Å²) in [6, 6.07) is 13.6. The van der Waals surface area contributed by atoms with Gasteiger partial charge in [-0.15, -0.1) is 0 Å².